The Bertz CT molecular complexity index is 1370. The SMILES string of the molecule is CCOc1cc(/C=C(/C#N)c2nc3ccc(F)cc3[nH]2)cc(I)c1OCc1ccc(C)cc1. The first-order chi connectivity index (χ1) is 16.0. The van der Waals surface area contributed by atoms with Crippen molar-refractivity contribution in [1.29, 1.82) is 5.26 Å². The summed E-state index contributed by atoms with van der Waals surface area (Å²) in [6.07, 6.45) is 1.72. The van der Waals surface area contributed by atoms with E-state index in [9.17, 15) is 9.65 Å². The van der Waals surface area contributed by atoms with E-state index >= 15 is 0 Å². The van der Waals surface area contributed by atoms with Crippen LogP contribution in [0, 0.1) is 27.6 Å². The lowest BCUT2D eigenvalue weighted by molar-refractivity contribution is 0.267. The Morgan fingerprint density at radius 1 is 1.15 bits per heavy atom. The fourth-order valence-corrected chi connectivity index (χ4v) is 4.12. The molecule has 0 radical (unpaired) electrons. The molecule has 166 valence electrons. The molecule has 7 heteroatoms. The fourth-order valence-electron chi connectivity index (χ4n) is 3.34. The van der Waals surface area contributed by atoms with Crippen molar-refractivity contribution < 1.29 is 13.9 Å². The van der Waals surface area contributed by atoms with Gasteiger partial charge in [0.05, 0.1) is 26.8 Å². The van der Waals surface area contributed by atoms with Crippen LogP contribution in [0.4, 0.5) is 4.39 Å². The van der Waals surface area contributed by atoms with Crippen LogP contribution in [-0.2, 0) is 6.61 Å². The van der Waals surface area contributed by atoms with Gasteiger partial charge in [0, 0.05) is 0 Å². The average molecular weight is 553 g/mol. The van der Waals surface area contributed by atoms with E-state index in [1.54, 1.807) is 12.1 Å². The van der Waals surface area contributed by atoms with Gasteiger partial charge in [-0.15, -0.1) is 0 Å². The highest BCUT2D eigenvalue weighted by Gasteiger charge is 2.14. The number of fused-ring (bicyclic) bond motifs is 1. The maximum Gasteiger partial charge on any atom is 0.175 e. The zero-order valence-electron chi connectivity index (χ0n) is 18.2. The molecule has 0 fully saturated rings. The smallest absolute Gasteiger partial charge is 0.175 e. The van der Waals surface area contributed by atoms with E-state index in [2.05, 4.69) is 50.8 Å². The molecule has 0 aliphatic carbocycles. The molecule has 0 amide bonds. The van der Waals surface area contributed by atoms with Crippen LogP contribution >= 0.6 is 22.6 Å². The van der Waals surface area contributed by atoms with Gasteiger partial charge in [-0.3, -0.25) is 0 Å². The van der Waals surface area contributed by atoms with E-state index in [1.807, 2.05) is 38.1 Å². The van der Waals surface area contributed by atoms with Crippen molar-refractivity contribution in [2.45, 2.75) is 20.5 Å². The molecule has 0 aliphatic rings. The number of rotatable bonds is 7. The van der Waals surface area contributed by atoms with Crippen molar-refractivity contribution in [3.8, 4) is 17.6 Å². The first-order valence-electron chi connectivity index (χ1n) is 10.4. The minimum Gasteiger partial charge on any atom is -0.490 e. The van der Waals surface area contributed by atoms with Crippen LogP contribution in [-0.4, -0.2) is 16.6 Å². The predicted molar refractivity (Wildman–Crippen MR) is 135 cm³/mol. The Morgan fingerprint density at radius 3 is 2.67 bits per heavy atom. The second kappa shape index (κ2) is 10.0. The largest absolute Gasteiger partial charge is 0.490 e. The summed E-state index contributed by atoms with van der Waals surface area (Å²) in [5, 5.41) is 9.74. The van der Waals surface area contributed by atoms with Gasteiger partial charge in [-0.05, 0) is 84.0 Å². The number of benzene rings is 3. The number of halogens is 2. The van der Waals surface area contributed by atoms with Gasteiger partial charge in [-0.1, -0.05) is 29.8 Å². The van der Waals surface area contributed by atoms with Gasteiger partial charge in [0.1, 0.15) is 24.3 Å². The Kier molecular flexibility index (Phi) is 6.94. The molecule has 0 saturated heterocycles. The van der Waals surface area contributed by atoms with Gasteiger partial charge in [0.25, 0.3) is 0 Å². The number of nitrogens with zero attached hydrogens (tertiary/aromatic N) is 2. The molecule has 5 nitrogen and oxygen atoms in total. The number of aromatic nitrogens is 2. The summed E-state index contributed by atoms with van der Waals surface area (Å²) in [6, 6.07) is 18.4. The normalized spacial score (nSPS) is 11.4. The number of hydrogen-bond acceptors (Lipinski definition) is 4. The molecule has 1 N–H and O–H groups in total. The summed E-state index contributed by atoms with van der Waals surface area (Å²) in [4.78, 5) is 7.43. The van der Waals surface area contributed by atoms with Gasteiger partial charge in [0.2, 0.25) is 0 Å². The summed E-state index contributed by atoms with van der Waals surface area (Å²) in [7, 11) is 0. The monoisotopic (exact) mass is 553 g/mol. The second-order valence-electron chi connectivity index (χ2n) is 7.45. The molecule has 1 heterocycles. The van der Waals surface area contributed by atoms with Crippen LogP contribution in [0.5, 0.6) is 11.5 Å². The molecule has 33 heavy (non-hydrogen) atoms. The lowest BCUT2D eigenvalue weighted by Gasteiger charge is -2.15. The highest BCUT2D eigenvalue weighted by atomic mass is 127. The molecule has 0 bridgehead atoms. The van der Waals surface area contributed by atoms with E-state index in [1.165, 1.54) is 17.7 Å². The minimum absolute atomic E-state index is 0.332. The summed E-state index contributed by atoms with van der Waals surface area (Å²) in [6.45, 7) is 4.86. The van der Waals surface area contributed by atoms with Gasteiger partial charge >= 0.3 is 0 Å². The van der Waals surface area contributed by atoms with E-state index in [4.69, 9.17) is 9.47 Å². The van der Waals surface area contributed by atoms with E-state index in [0.29, 0.717) is 47.1 Å². The number of aryl methyl sites for hydroxylation is 1. The number of ether oxygens (including phenoxy) is 2. The van der Waals surface area contributed by atoms with Crippen LogP contribution in [0.1, 0.15) is 29.4 Å². The minimum atomic E-state index is -0.364. The molecule has 4 rings (SSSR count). The standard InChI is InChI=1S/C26H21FIN3O2/c1-3-32-24-12-18(11-21(28)25(24)33-15-17-6-4-16(2)5-7-17)10-19(14-29)26-30-22-9-8-20(27)13-23(22)31-26/h4-13H,3,15H2,1-2H3,(H,30,31)/b19-10-. The first-order valence-corrected chi connectivity index (χ1v) is 11.5. The maximum absolute atomic E-state index is 13.5. The fraction of sp³-hybridized carbons (Fsp3) is 0.154. The third kappa shape index (κ3) is 5.34. The Labute approximate surface area is 205 Å². The molecular formula is C26H21FIN3O2. The number of hydrogen-bond donors (Lipinski definition) is 1. The van der Waals surface area contributed by atoms with Crippen molar-refractivity contribution in [3.63, 3.8) is 0 Å². The number of imidazole rings is 1. The third-order valence-corrected chi connectivity index (χ3v) is 5.77. The first kappa shape index (κ1) is 22.8. The Hall–Kier alpha value is -3.38. The second-order valence-corrected chi connectivity index (χ2v) is 8.62. The van der Waals surface area contributed by atoms with Gasteiger partial charge in [0.15, 0.2) is 11.5 Å². The highest BCUT2D eigenvalue weighted by Crippen LogP contribution is 2.36. The zero-order valence-corrected chi connectivity index (χ0v) is 20.3. The van der Waals surface area contributed by atoms with Crippen LogP contribution in [0.25, 0.3) is 22.7 Å². The van der Waals surface area contributed by atoms with Crippen LogP contribution < -0.4 is 9.47 Å². The maximum atomic E-state index is 13.5. The molecule has 0 aliphatic heterocycles. The summed E-state index contributed by atoms with van der Waals surface area (Å²) in [5.74, 6) is 1.28. The number of nitriles is 1. The van der Waals surface area contributed by atoms with E-state index < -0.39 is 0 Å². The van der Waals surface area contributed by atoms with Gasteiger partial charge < -0.3 is 14.5 Å². The molecule has 4 aromatic rings. The molecular weight excluding hydrogens is 532 g/mol. The third-order valence-electron chi connectivity index (χ3n) is 4.97. The van der Waals surface area contributed by atoms with Crippen LogP contribution in [0.2, 0.25) is 0 Å². The summed E-state index contributed by atoms with van der Waals surface area (Å²) in [5.41, 5.74) is 4.50. The average Bonchev–Trinajstić information content (AvgIpc) is 3.21. The summed E-state index contributed by atoms with van der Waals surface area (Å²) >= 11 is 2.21. The van der Waals surface area contributed by atoms with Crippen LogP contribution in [0.3, 0.4) is 0 Å². The van der Waals surface area contributed by atoms with Crippen molar-refractivity contribution in [1.82, 2.24) is 9.97 Å². The molecule has 0 spiro atoms. The van der Waals surface area contributed by atoms with Crippen molar-refractivity contribution in [3.05, 3.63) is 86.5 Å². The lowest BCUT2D eigenvalue weighted by Crippen LogP contribution is -2.02. The predicted octanol–water partition coefficient (Wildman–Crippen LogP) is 6.66. The number of H-pyrrole nitrogens is 1. The van der Waals surface area contributed by atoms with E-state index in [0.717, 1.165) is 14.7 Å². The molecule has 3 aromatic carbocycles. The van der Waals surface area contributed by atoms with Gasteiger partial charge in [-0.25, -0.2) is 9.37 Å². The number of allylic oxidation sites excluding steroid dienone is 1. The van der Waals surface area contributed by atoms with Crippen molar-refractivity contribution >= 4 is 45.3 Å². The quantitative estimate of drug-likeness (QED) is 0.205. The zero-order chi connectivity index (χ0) is 23.4. The molecule has 0 unspecified atom stereocenters. The summed E-state index contributed by atoms with van der Waals surface area (Å²) < 4.78 is 26.3. The molecule has 0 saturated carbocycles. The Morgan fingerprint density at radius 2 is 1.94 bits per heavy atom. The van der Waals surface area contributed by atoms with Crippen LogP contribution in [0.15, 0.2) is 54.6 Å². The van der Waals surface area contributed by atoms with E-state index in [-0.39, 0.29) is 5.82 Å². The Balaban J connectivity index is 1.65. The number of aromatic amines is 1. The van der Waals surface area contributed by atoms with Gasteiger partial charge in [-0.2, -0.15) is 5.26 Å². The molecule has 1 aromatic heterocycles. The highest BCUT2D eigenvalue weighted by molar-refractivity contribution is 14.1. The number of nitrogens with one attached hydrogen (secondary N) is 1. The molecule has 0 atom stereocenters. The lowest BCUT2D eigenvalue weighted by atomic mass is 10.1. The van der Waals surface area contributed by atoms with Crippen molar-refractivity contribution in [2.24, 2.45) is 0 Å². The van der Waals surface area contributed by atoms with Crippen molar-refractivity contribution in [2.75, 3.05) is 6.61 Å². The topological polar surface area (TPSA) is 70.9 Å².